The van der Waals surface area contributed by atoms with Gasteiger partial charge in [0.25, 0.3) is 5.91 Å². The molecule has 3 aromatic rings. The van der Waals surface area contributed by atoms with Crippen LogP contribution in [0.4, 0.5) is 0 Å². The van der Waals surface area contributed by atoms with Gasteiger partial charge >= 0.3 is 5.97 Å². The number of carboxylic acids is 1. The Labute approximate surface area is 138 Å². The molecule has 0 spiro atoms. The second-order valence-corrected chi connectivity index (χ2v) is 5.23. The van der Waals surface area contributed by atoms with Gasteiger partial charge in [-0.15, -0.1) is 0 Å². The van der Waals surface area contributed by atoms with Crippen molar-refractivity contribution < 1.29 is 14.7 Å². The van der Waals surface area contributed by atoms with Crippen LogP contribution < -0.4 is 5.32 Å². The molecule has 2 aromatic carbocycles. The third kappa shape index (κ3) is 3.49. The second kappa shape index (κ2) is 6.78. The van der Waals surface area contributed by atoms with Crippen molar-refractivity contribution in [2.45, 2.75) is 6.54 Å². The number of rotatable bonds is 5. The largest absolute Gasteiger partial charge is 0.478 e. The molecule has 0 fully saturated rings. The highest BCUT2D eigenvalue weighted by molar-refractivity contribution is 5.95. The first-order valence-electron chi connectivity index (χ1n) is 7.34. The van der Waals surface area contributed by atoms with E-state index in [9.17, 15) is 9.59 Å². The smallest absolute Gasteiger partial charge is 0.335 e. The van der Waals surface area contributed by atoms with Gasteiger partial charge in [0.1, 0.15) is 0 Å². The van der Waals surface area contributed by atoms with Crippen LogP contribution >= 0.6 is 0 Å². The van der Waals surface area contributed by atoms with Crippen molar-refractivity contribution in [3.8, 4) is 11.3 Å². The molecule has 24 heavy (non-hydrogen) atoms. The highest BCUT2D eigenvalue weighted by Gasteiger charge is 2.08. The third-order valence-electron chi connectivity index (χ3n) is 3.61. The molecule has 3 rings (SSSR count). The number of aromatic amines is 1. The van der Waals surface area contributed by atoms with Crippen LogP contribution in [0, 0.1) is 0 Å². The highest BCUT2D eigenvalue weighted by Crippen LogP contribution is 2.16. The fourth-order valence-electron chi connectivity index (χ4n) is 2.27. The van der Waals surface area contributed by atoms with E-state index >= 15 is 0 Å². The molecule has 0 bridgehead atoms. The molecule has 0 saturated heterocycles. The van der Waals surface area contributed by atoms with Gasteiger partial charge in [0.2, 0.25) is 0 Å². The molecule has 6 heteroatoms. The number of amides is 1. The molecule has 0 aliphatic carbocycles. The quantitative estimate of drug-likeness (QED) is 0.673. The zero-order valence-corrected chi connectivity index (χ0v) is 12.7. The molecule has 0 atom stereocenters. The Morgan fingerprint density at radius 1 is 0.958 bits per heavy atom. The van der Waals surface area contributed by atoms with Crippen molar-refractivity contribution in [3.63, 3.8) is 0 Å². The summed E-state index contributed by atoms with van der Waals surface area (Å²) in [7, 11) is 0. The zero-order chi connectivity index (χ0) is 16.9. The summed E-state index contributed by atoms with van der Waals surface area (Å²) in [5.74, 6) is -1.26. The first kappa shape index (κ1) is 15.5. The number of hydrogen-bond donors (Lipinski definition) is 3. The van der Waals surface area contributed by atoms with Crippen LogP contribution in [-0.4, -0.2) is 27.2 Å². The van der Waals surface area contributed by atoms with Crippen molar-refractivity contribution in [2.24, 2.45) is 0 Å². The number of hydrogen-bond acceptors (Lipinski definition) is 3. The Kier molecular flexibility index (Phi) is 4.38. The van der Waals surface area contributed by atoms with Crippen molar-refractivity contribution in [3.05, 3.63) is 77.5 Å². The minimum atomic E-state index is -1.01. The highest BCUT2D eigenvalue weighted by atomic mass is 16.4. The molecule has 1 amide bonds. The number of aromatic nitrogens is 2. The lowest BCUT2D eigenvalue weighted by Crippen LogP contribution is -2.22. The lowest BCUT2D eigenvalue weighted by atomic mass is 10.1. The van der Waals surface area contributed by atoms with Gasteiger partial charge in [-0.3, -0.25) is 9.89 Å². The summed E-state index contributed by atoms with van der Waals surface area (Å²) in [6.07, 6.45) is 1.69. The van der Waals surface area contributed by atoms with Crippen LogP contribution in [0.1, 0.15) is 26.3 Å². The van der Waals surface area contributed by atoms with Crippen molar-refractivity contribution >= 4 is 11.9 Å². The number of carboxylic acid groups (broad SMARTS) is 1. The molecule has 0 aliphatic heterocycles. The summed E-state index contributed by atoms with van der Waals surface area (Å²) in [4.78, 5) is 22.9. The van der Waals surface area contributed by atoms with Gasteiger partial charge in [-0.25, -0.2) is 4.79 Å². The Bertz CT molecular complexity index is 838. The maximum Gasteiger partial charge on any atom is 0.335 e. The van der Waals surface area contributed by atoms with E-state index in [1.54, 1.807) is 6.20 Å². The van der Waals surface area contributed by atoms with Crippen molar-refractivity contribution in [1.29, 1.82) is 0 Å². The molecule has 0 aliphatic rings. The average molecular weight is 321 g/mol. The van der Waals surface area contributed by atoms with E-state index in [1.165, 1.54) is 24.3 Å². The topological polar surface area (TPSA) is 95.1 Å². The monoisotopic (exact) mass is 321 g/mol. The van der Waals surface area contributed by atoms with E-state index < -0.39 is 5.97 Å². The summed E-state index contributed by atoms with van der Waals surface area (Å²) < 4.78 is 0. The number of nitrogens with one attached hydrogen (secondary N) is 2. The molecule has 0 unspecified atom stereocenters. The SMILES string of the molecule is O=C(O)c1ccc(C(=O)NCc2ccc(-c3ccn[nH]3)cc2)cc1. The maximum absolute atomic E-state index is 12.1. The van der Waals surface area contributed by atoms with Crippen molar-refractivity contribution in [1.82, 2.24) is 15.5 Å². The number of aromatic carboxylic acids is 1. The van der Waals surface area contributed by atoms with E-state index in [-0.39, 0.29) is 11.5 Å². The molecular formula is C18H15N3O3. The van der Waals surface area contributed by atoms with E-state index in [4.69, 9.17) is 5.11 Å². The summed E-state index contributed by atoms with van der Waals surface area (Å²) in [6.45, 7) is 0.392. The first-order chi connectivity index (χ1) is 11.6. The average Bonchev–Trinajstić information content (AvgIpc) is 3.15. The molecule has 0 saturated carbocycles. The van der Waals surface area contributed by atoms with Gasteiger partial charge in [0.15, 0.2) is 0 Å². The summed E-state index contributed by atoms with van der Waals surface area (Å²) >= 11 is 0. The number of H-pyrrole nitrogens is 1. The van der Waals surface area contributed by atoms with Crippen molar-refractivity contribution in [2.75, 3.05) is 0 Å². The van der Waals surface area contributed by atoms with Gasteiger partial charge in [-0.1, -0.05) is 24.3 Å². The standard InChI is InChI=1S/C18H15N3O3/c22-17(14-5-7-15(8-6-14)18(23)24)19-11-12-1-3-13(4-2-12)16-9-10-20-21-16/h1-10H,11H2,(H,19,22)(H,20,21)(H,23,24). The zero-order valence-electron chi connectivity index (χ0n) is 12.7. The molecule has 6 nitrogen and oxygen atoms in total. The Hall–Kier alpha value is -3.41. The summed E-state index contributed by atoms with van der Waals surface area (Å²) in [5.41, 5.74) is 3.50. The minimum absolute atomic E-state index is 0.154. The molecule has 3 N–H and O–H groups in total. The summed E-state index contributed by atoms with van der Waals surface area (Å²) in [5, 5.41) is 18.5. The lowest BCUT2D eigenvalue weighted by molar-refractivity contribution is 0.0696. The van der Waals surface area contributed by atoms with Gasteiger partial charge < -0.3 is 10.4 Å². The molecular weight excluding hydrogens is 306 g/mol. The Morgan fingerprint density at radius 2 is 1.62 bits per heavy atom. The number of carbonyl (C=O) groups is 2. The summed E-state index contributed by atoms with van der Waals surface area (Å²) in [6, 6.07) is 15.5. The van der Waals surface area contributed by atoms with Crippen LogP contribution in [0.3, 0.4) is 0 Å². The molecule has 1 heterocycles. The lowest BCUT2D eigenvalue weighted by Gasteiger charge is -2.06. The predicted molar refractivity (Wildman–Crippen MR) is 88.6 cm³/mol. The fourth-order valence-corrected chi connectivity index (χ4v) is 2.27. The fraction of sp³-hybridized carbons (Fsp3) is 0.0556. The Morgan fingerprint density at radius 3 is 2.21 bits per heavy atom. The third-order valence-corrected chi connectivity index (χ3v) is 3.61. The Balaban J connectivity index is 1.60. The van der Waals surface area contributed by atoms with E-state index in [0.717, 1.165) is 16.8 Å². The normalized spacial score (nSPS) is 10.3. The van der Waals surface area contributed by atoms with Crippen LogP contribution in [0.2, 0.25) is 0 Å². The van der Waals surface area contributed by atoms with Gasteiger partial charge in [0.05, 0.1) is 11.3 Å². The number of nitrogens with zero attached hydrogens (tertiary/aromatic N) is 1. The van der Waals surface area contributed by atoms with Crippen LogP contribution in [0.25, 0.3) is 11.3 Å². The van der Waals surface area contributed by atoms with Crippen LogP contribution in [0.5, 0.6) is 0 Å². The number of carbonyl (C=O) groups excluding carboxylic acids is 1. The van der Waals surface area contributed by atoms with Gasteiger partial charge in [-0.05, 0) is 41.5 Å². The second-order valence-electron chi connectivity index (χ2n) is 5.23. The molecule has 1 aromatic heterocycles. The first-order valence-corrected chi connectivity index (χ1v) is 7.34. The minimum Gasteiger partial charge on any atom is -0.478 e. The van der Waals surface area contributed by atoms with Gasteiger partial charge in [-0.2, -0.15) is 5.10 Å². The van der Waals surface area contributed by atoms with E-state index in [2.05, 4.69) is 15.5 Å². The van der Waals surface area contributed by atoms with Crippen LogP contribution in [0.15, 0.2) is 60.8 Å². The molecule has 0 radical (unpaired) electrons. The molecule has 120 valence electrons. The number of benzene rings is 2. The van der Waals surface area contributed by atoms with Crippen LogP contribution in [-0.2, 0) is 6.54 Å². The predicted octanol–water partition coefficient (Wildman–Crippen LogP) is 2.70. The van der Waals surface area contributed by atoms with E-state index in [1.807, 2.05) is 30.3 Å². The maximum atomic E-state index is 12.1. The van der Waals surface area contributed by atoms with E-state index in [0.29, 0.717) is 12.1 Å². The van der Waals surface area contributed by atoms with Gasteiger partial charge in [0, 0.05) is 18.3 Å².